The summed E-state index contributed by atoms with van der Waals surface area (Å²) < 4.78 is 61.0. The minimum Gasteiger partial charge on any atom is -0.351 e. The second-order valence-electron chi connectivity index (χ2n) is 13.0. The maximum Gasteiger partial charge on any atom is 0.167 e. The van der Waals surface area contributed by atoms with E-state index < -0.39 is 23.3 Å². The van der Waals surface area contributed by atoms with Crippen LogP contribution in [0.2, 0.25) is 0 Å². The van der Waals surface area contributed by atoms with Crippen LogP contribution in [-0.2, 0) is 13.1 Å². The minimum absolute atomic E-state index is 0.152. The molecule has 56 heavy (non-hydrogen) atoms. The molecule has 0 aliphatic heterocycles. The predicted molar refractivity (Wildman–Crippen MR) is 207 cm³/mol. The summed E-state index contributed by atoms with van der Waals surface area (Å²) in [5, 5.41) is 14.8. The molecule has 2 N–H and O–H groups in total. The smallest absolute Gasteiger partial charge is 0.167 e. The molecule has 0 amide bonds. The highest BCUT2D eigenvalue weighted by Crippen LogP contribution is 2.33. The van der Waals surface area contributed by atoms with E-state index in [0.29, 0.717) is 69.3 Å². The highest BCUT2D eigenvalue weighted by Gasteiger charge is 2.18. The molecular weight excluding hydrogens is 725 g/mol. The number of hydrogen-bond acceptors (Lipinski definition) is 10. The van der Waals surface area contributed by atoms with Crippen molar-refractivity contribution in [3.05, 3.63) is 119 Å². The van der Waals surface area contributed by atoms with E-state index in [4.69, 9.17) is 0 Å². The van der Waals surface area contributed by atoms with Crippen molar-refractivity contribution in [1.82, 2.24) is 49.5 Å². The first-order valence-electron chi connectivity index (χ1n) is 17.7. The van der Waals surface area contributed by atoms with Crippen LogP contribution in [0.5, 0.6) is 0 Å². The van der Waals surface area contributed by atoms with Crippen molar-refractivity contribution in [1.29, 1.82) is 0 Å². The maximum absolute atomic E-state index is 14.6. The predicted octanol–water partition coefficient (Wildman–Crippen LogP) is 9.09. The normalized spacial score (nSPS) is 11.2. The molecule has 0 atom stereocenters. The Kier molecular flexibility index (Phi) is 10.4. The van der Waals surface area contributed by atoms with Crippen molar-refractivity contribution in [2.75, 3.05) is 10.6 Å². The van der Waals surface area contributed by atoms with Gasteiger partial charge in [-0.25, -0.2) is 37.5 Å². The number of rotatable bonds is 8. The molecule has 0 saturated heterocycles. The van der Waals surface area contributed by atoms with Crippen LogP contribution in [0.1, 0.15) is 36.4 Å². The third-order valence-corrected chi connectivity index (χ3v) is 8.95. The van der Waals surface area contributed by atoms with Gasteiger partial charge in [-0.15, -0.1) is 0 Å². The standard InChI is InChI=1S/2C20H18F2N6/c1-4-28-10-17-20(27-28)19(14(22)9-24-17)26-15-7-16(23-8-11(15)2)18-13(21)6-5-12(3)25-18;1-4-28-20-17(10-25-28)24-9-14(22)19(20)27-15-7-16(23-8-11(15)2)18-13(21)6-5-12(3)26-18/h5-10H,4H2,1-3H3,(H,23,26);5-10H,4H2,1-3H3,(H,23,24,27). The number of aryl methyl sites for hydroxylation is 6. The van der Waals surface area contributed by atoms with Crippen molar-refractivity contribution in [2.45, 2.75) is 54.6 Å². The molecule has 0 aromatic carbocycles. The number of aromatic nitrogens is 10. The number of hydrogen-bond donors (Lipinski definition) is 2. The Balaban J connectivity index is 0.000000172. The molecule has 0 aliphatic carbocycles. The number of nitrogens with one attached hydrogen (secondary N) is 2. The van der Waals surface area contributed by atoms with Crippen molar-refractivity contribution < 1.29 is 17.6 Å². The second kappa shape index (κ2) is 15.5. The summed E-state index contributed by atoms with van der Waals surface area (Å²) >= 11 is 0. The van der Waals surface area contributed by atoms with Gasteiger partial charge in [-0.05, 0) is 89.1 Å². The van der Waals surface area contributed by atoms with Gasteiger partial charge < -0.3 is 10.6 Å². The fourth-order valence-electron chi connectivity index (χ4n) is 5.94. The topological polar surface area (TPSA) is 137 Å². The molecule has 0 saturated carbocycles. The fourth-order valence-corrected chi connectivity index (χ4v) is 5.94. The van der Waals surface area contributed by atoms with E-state index in [0.717, 1.165) is 23.5 Å². The third-order valence-electron chi connectivity index (χ3n) is 8.95. The molecule has 8 rings (SSSR count). The molecule has 8 aromatic heterocycles. The van der Waals surface area contributed by atoms with Gasteiger partial charge in [-0.2, -0.15) is 10.2 Å². The Morgan fingerprint density at radius 2 is 1.12 bits per heavy atom. The average molecular weight is 761 g/mol. The monoisotopic (exact) mass is 760 g/mol. The molecule has 0 fully saturated rings. The highest BCUT2D eigenvalue weighted by molar-refractivity contribution is 5.91. The van der Waals surface area contributed by atoms with Crippen molar-refractivity contribution in [2.24, 2.45) is 0 Å². The van der Waals surface area contributed by atoms with Crippen molar-refractivity contribution in [3.63, 3.8) is 0 Å². The summed E-state index contributed by atoms with van der Waals surface area (Å²) in [6.45, 7) is 12.3. The lowest BCUT2D eigenvalue weighted by molar-refractivity contribution is 0.623. The van der Waals surface area contributed by atoms with Crippen LogP contribution in [0.25, 0.3) is 44.8 Å². The number of pyridine rings is 6. The van der Waals surface area contributed by atoms with E-state index in [2.05, 4.69) is 50.7 Å². The number of anilines is 4. The van der Waals surface area contributed by atoms with Gasteiger partial charge in [0.25, 0.3) is 0 Å². The minimum atomic E-state index is -0.522. The molecule has 0 radical (unpaired) electrons. The van der Waals surface area contributed by atoms with E-state index in [9.17, 15) is 17.6 Å². The van der Waals surface area contributed by atoms with Gasteiger partial charge in [-0.1, -0.05) is 0 Å². The van der Waals surface area contributed by atoms with Gasteiger partial charge >= 0.3 is 0 Å². The van der Waals surface area contributed by atoms with Crippen LogP contribution < -0.4 is 10.6 Å². The average Bonchev–Trinajstić information content (AvgIpc) is 3.82. The summed E-state index contributed by atoms with van der Waals surface area (Å²) in [6.07, 6.45) is 8.88. The Bertz CT molecular complexity index is 2740. The van der Waals surface area contributed by atoms with E-state index >= 15 is 0 Å². The quantitative estimate of drug-likeness (QED) is 0.144. The Hall–Kier alpha value is -6.84. The lowest BCUT2D eigenvalue weighted by atomic mass is 10.1. The first-order valence-corrected chi connectivity index (χ1v) is 17.7. The summed E-state index contributed by atoms with van der Waals surface area (Å²) in [5.41, 5.74) is 7.80. The van der Waals surface area contributed by atoms with Gasteiger partial charge in [0, 0.05) is 48.2 Å². The number of fused-ring (bicyclic) bond motifs is 2. The van der Waals surface area contributed by atoms with Crippen LogP contribution in [0.4, 0.5) is 40.3 Å². The lowest BCUT2D eigenvalue weighted by Gasteiger charge is -2.14. The molecule has 16 heteroatoms. The zero-order chi connectivity index (χ0) is 39.7. The maximum atomic E-state index is 14.6. The summed E-state index contributed by atoms with van der Waals surface area (Å²) in [7, 11) is 0. The molecule has 8 aromatic rings. The first-order chi connectivity index (χ1) is 26.9. The molecule has 8 heterocycles. The fraction of sp³-hybridized carbons (Fsp3) is 0.200. The molecule has 284 valence electrons. The SMILES string of the molecule is CCn1cc2ncc(F)c(Nc3cc(-c4nc(C)ccc4F)ncc3C)c2n1.CCn1ncc2ncc(F)c(Nc3cc(-c4nc(C)ccc4F)ncc3C)c21. The van der Waals surface area contributed by atoms with Gasteiger partial charge in [0.05, 0.1) is 36.2 Å². The second-order valence-corrected chi connectivity index (χ2v) is 13.0. The van der Waals surface area contributed by atoms with Gasteiger partial charge in [0.2, 0.25) is 0 Å². The molecule has 12 nitrogen and oxygen atoms in total. The van der Waals surface area contributed by atoms with Crippen LogP contribution in [0, 0.1) is 51.0 Å². The molecule has 0 bridgehead atoms. The molecule has 0 unspecified atom stereocenters. The zero-order valence-corrected chi connectivity index (χ0v) is 31.3. The van der Waals surface area contributed by atoms with Gasteiger partial charge in [0.15, 0.2) is 23.3 Å². The third kappa shape index (κ3) is 7.45. The Morgan fingerprint density at radius 1 is 0.589 bits per heavy atom. The molecule has 0 spiro atoms. The molecule has 0 aliphatic rings. The first kappa shape index (κ1) is 37.5. The number of halogens is 4. The summed E-state index contributed by atoms with van der Waals surface area (Å²) in [5.74, 6) is -1.95. The van der Waals surface area contributed by atoms with Crippen molar-refractivity contribution >= 4 is 44.8 Å². The van der Waals surface area contributed by atoms with E-state index in [1.165, 1.54) is 12.1 Å². The van der Waals surface area contributed by atoms with Crippen LogP contribution in [0.15, 0.2) is 73.6 Å². The highest BCUT2D eigenvalue weighted by atomic mass is 19.1. The molecular formula is C40H36F4N12. The lowest BCUT2D eigenvalue weighted by Crippen LogP contribution is -2.04. The van der Waals surface area contributed by atoms with Crippen LogP contribution in [-0.4, -0.2) is 49.5 Å². The van der Waals surface area contributed by atoms with E-state index in [1.54, 1.807) is 72.3 Å². The Labute approximate surface area is 318 Å². The van der Waals surface area contributed by atoms with Crippen LogP contribution >= 0.6 is 0 Å². The van der Waals surface area contributed by atoms with Gasteiger partial charge in [-0.3, -0.25) is 19.3 Å². The Morgan fingerprint density at radius 3 is 1.68 bits per heavy atom. The largest absolute Gasteiger partial charge is 0.351 e. The van der Waals surface area contributed by atoms with Crippen LogP contribution in [0.3, 0.4) is 0 Å². The zero-order valence-electron chi connectivity index (χ0n) is 31.3. The summed E-state index contributed by atoms with van der Waals surface area (Å²) in [6, 6.07) is 9.23. The van der Waals surface area contributed by atoms with Crippen molar-refractivity contribution in [3.8, 4) is 22.8 Å². The van der Waals surface area contributed by atoms with Gasteiger partial charge in [0.1, 0.15) is 44.8 Å². The number of nitrogens with zero attached hydrogens (tertiary/aromatic N) is 10. The van der Waals surface area contributed by atoms with E-state index in [-0.39, 0.29) is 22.8 Å². The van der Waals surface area contributed by atoms with E-state index in [1.807, 2.05) is 27.7 Å². The summed E-state index contributed by atoms with van der Waals surface area (Å²) in [4.78, 5) is 25.2.